The Morgan fingerprint density at radius 2 is 2.00 bits per heavy atom. The zero-order valence-electron chi connectivity index (χ0n) is 14.0. The molecule has 0 saturated carbocycles. The Morgan fingerprint density at radius 3 is 2.69 bits per heavy atom. The molecular formula is C17H17NO8. The van der Waals surface area contributed by atoms with Gasteiger partial charge in [-0.05, 0) is 25.1 Å². The van der Waals surface area contributed by atoms with Crippen LogP contribution in [0.3, 0.4) is 0 Å². The lowest BCUT2D eigenvalue weighted by Gasteiger charge is -2.35. The second kappa shape index (κ2) is 6.96. The van der Waals surface area contributed by atoms with Crippen LogP contribution in [-0.4, -0.2) is 36.8 Å². The second-order valence-electron chi connectivity index (χ2n) is 5.53. The molecule has 0 fully saturated rings. The largest absolute Gasteiger partial charge is 0.495 e. The van der Waals surface area contributed by atoms with E-state index >= 15 is 0 Å². The van der Waals surface area contributed by atoms with E-state index < -0.39 is 30.2 Å². The summed E-state index contributed by atoms with van der Waals surface area (Å²) in [6, 6.07) is 7.70. The van der Waals surface area contributed by atoms with E-state index in [1.54, 1.807) is 25.1 Å². The third-order valence-corrected chi connectivity index (χ3v) is 3.81. The molecule has 3 N–H and O–H groups in total. The molecule has 0 bridgehead atoms. The molecule has 0 saturated heterocycles. The zero-order chi connectivity index (χ0) is 18.8. The van der Waals surface area contributed by atoms with Crippen LogP contribution in [0, 0.1) is 0 Å². The van der Waals surface area contributed by atoms with Crippen LogP contribution in [-0.2, 0) is 14.2 Å². The Bertz CT molecular complexity index is 918. The van der Waals surface area contributed by atoms with E-state index in [1.807, 2.05) is 0 Å². The molecule has 1 unspecified atom stereocenters. The molecular weight excluding hydrogens is 346 g/mol. The zero-order valence-corrected chi connectivity index (χ0v) is 14.0. The standard InChI is InChI=1S/C17H17NO8/c1-8-14(22-2)13(20)15(26-17(18)21)16(23-8)24-10-5-3-9-4-6-12(19)25-11(9)7-10/h3-7,13,15-16,20H,1-2H3,(H2,18,21)/t13-,15-,16?/m0/s1. The summed E-state index contributed by atoms with van der Waals surface area (Å²) < 4.78 is 26.3. The van der Waals surface area contributed by atoms with Gasteiger partial charge in [0.2, 0.25) is 6.10 Å². The van der Waals surface area contributed by atoms with E-state index in [2.05, 4.69) is 0 Å². The topological polar surface area (TPSA) is 130 Å². The lowest BCUT2D eigenvalue weighted by Crippen LogP contribution is -2.50. The number of hydrogen-bond donors (Lipinski definition) is 2. The first-order valence-electron chi connectivity index (χ1n) is 7.65. The summed E-state index contributed by atoms with van der Waals surface area (Å²) in [6.45, 7) is 1.57. The third-order valence-electron chi connectivity index (χ3n) is 3.81. The molecule has 9 heteroatoms. The van der Waals surface area contributed by atoms with Crippen LogP contribution >= 0.6 is 0 Å². The molecule has 2 aromatic rings. The predicted molar refractivity (Wildman–Crippen MR) is 88.2 cm³/mol. The highest BCUT2D eigenvalue weighted by molar-refractivity contribution is 5.77. The summed E-state index contributed by atoms with van der Waals surface area (Å²) in [5.41, 5.74) is 4.87. The van der Waals surface area contributed by atoms with E-state index in [9.17, 15) is 14.7 Å². The van der Waals surface area contributed by atoms with E-state index in [1.165, 1.54) is 19.2 Å². The number of ether oxygens (including phenoxy) is 4. The van der Waals surface area contributed by atoms with Gasteiger partial charge in [-0.3, -0.25) is 0 Å². The number of rotatable bonds is 4. The Morgan fingerprint density at radius 1 is 1.27 bits per heavy atom. The first-order valence-corrected chi connectivity index (χ1v) is 7.65. The van der Waals surface area contributed by atoms with E-state index in [-0.39, 0.29) is 17.3 Å². The fourth-order valence-corrected chi connectivity index (χ4v) is 2.66. The monoisotopic (exact) mass is 363 g/mol. The summed E-state index contributed by atoms with van der Waals surface area (Å²) >= 11 is 0. The number of primary amides is 1. The second-order valence-corrected chi connectivity index (χ2v) is 5.53. The maximum absolute atomic E-state index is 11.4. The van der Waals surface area contributed by atoms with Crippen LogP contribution in [0.2, 0.25) is 0 Å². The summed E-state index contributed by atoms with van der Waals surface area (Å²) in [5, 5.41) is 11.1. The van der Waals surface area contributed by atoms with Crippen molar-refractivity contribution in [2.24, 2.45) is 5.73 Å². The van der Waals surface area contributed by atoms with E-state index in [0.717, 1.165) is 0 Å². The first kappa shape index (κ1) is 17.6. The minimum Gasteiger partial charge on any atom is -0.495 e. The molecule has 2 heterocycles. The van der Waals surface area contributed by atoms with Crippen molar-refractivity contribution in [1.82, 2.24) is 0 Å². The summed E-state index contributed by atoms with van der Waals surface area (Å²) in [4.78, 5) is 22.5. The molecule has 0 spiro atoms. The normalized spacial score (nSPS) is 22.7. The minimum absolute atomic E-state index is 0.0978. The Labute approximate surface area is 147 Å². The van der Waals surface area contributed by atoms with Gasteiger partial charge in [0.1, 0.15) is 17.1 Å². The number of carbonyl (C=O) groups is 1. The summed E-state index contributed by atoms with van der Waals surface area (Å²) in [5.74, 6) is 0.637. The maximum atomic E-state index is 11.4. The Hall–Kier alpha value is -3.20. The number of fused-ring (bicyclic) bond motifs is 1. The van der Waals surface area contributed by atoms with Gasteiger partial charge < -0.3 is 34.2 Å². The highest BCUT2D eigenvalue weighted by atomic mass is 16.7. The van der Waals surface area contributed by atoms with Gasteiger partial charge >= 0.3 is 11.7 Å². The molecule has 138 valence electrons. The number of benzene rings is 1. The van der Waals surface area contributed by atoms with Crippen molar-refractivity contribution in [1.29, 1.82) is 0 Å². The SMILES string of the molecule is COC1=C(C)OC(Oc2ccc3ccc(=O)oc3c2)[C@@H](OC(N)=O)[C@H]1O. The molecule has 1 aromatic heterocycles. The molecule has 26 heavy (non-hydrogen) atoms. The van der Waals surface area contributed by atoms with Gasteiger partial charge in [0.15, 0.2) is 11.9 Å². The summed E-state index contributed by atoms with van der Waals surface area (Å²) in [6.07, 6.45) is -4.88. The predicted octanol–water partition coefficient (Wildman–Crippen LogP) is 1.23. The fourth-order valence-electron chi connectivity index (χ4n) is 2.66. The Balaban J connectivity index is 1.92. The number of methoxy groups -OCH3 is 1. The van der Waals surface area contributed by atoms with E-state index in [0.29, 0.717) is 11.0 Å². The lowest BCUT2D eigenvalue weighted by molar-refractivity contribution is -0.174. The van der Waals surface area contributed by atoms with Crippen LogP contribution in [0.25, 0.3) is 11.0 Å². The number of allylic oxidation sites excluding steroid dienone is 1. The molecule has 1 aliphatic rings. The average molecular weight is 363 g/mol. The van der Waals surface area contributed by atoms with E-state index in [4.69, 9.17) is 29.1 Å². The molecule has 1 amide bonds. The van der Waals surface area contributed by atoms with Gasteiger partial charge in [0.25, 0.3) is 6.29 Å². The van der Waals surface area contributed by atoms with Crippen molar-refractivity contribution < 1.29 is 33.3 Å². The Kier molecular flexibility index (Phi) is 4.72. The quantitative estimate of drug-likeness (QED) is 0.776. The van der Waals surface area contributed by atoms with Crippen LogP contribution < -0.4 is 16.1 Å². The van der Waals surface area contributed by atoms with Gasteiger partial charge in [0, 0.05) is 17.5 Å². The molecule has 3 atom stereocenters. The number of nitrogens with two attached hydrogens (primary N) is 1. The van der Waals surface area contributed by atoms with Gasteiger partial charge in [-0.2, -0.15) is 0 Å². The van der Waals surface area contributed by atoms with Crippen LogP contribution in [0.4, 0.5) is 4.79 Å². The molecule has 0 aliphatic carbocycles. The van der Waals surface area contributed by atoms with Crippen LogP contribution in [0.1, 0.15) is 6.92 Å². The highest BCUT2D eigenvalue weighted by Gasteiger charge is 2.43. The van der Waals surface area contributed by atoms with Crippen molar-refractivity contribution in [3.05, 3.63) is 52.3 Å². The number of amides is 1. The molecule has 1 aliphatic heterocycles. The number of hydrogen-bond acceptors (Lipinski definition) is 8. The lowest BCUT2D eigenvalue weighted by atomic mass is 10.1. The number of aliphatic hydroxyl groups excluding tert-OH is 1. The maximum Gasteiger partial charge on any atom is 0.405 e. The smallest absolute Gasteiger partial charge is 0.405 e. The molecule has 3 rings (SSSR count). The average Bonchev–Trinajstić information content (AvgIpc) is 2.58. The fraction of sp³-hybridized carbons (Fsp3) is 0.294. The molecule has 1 aromatic carbocycles. The number of carbonyl (C=O) groups excluding carboxylic acids is 1. The first-order chi connectivity index (χ1) is 12.4. The highest BCUT2D eigenvalue weighted by Crippen LogP contribution is 2.30. The van der Waals surface area contributed by atoms with Crippen molar-refractivity contribution in [2.75, 3.05) is 7.11 Å². The van der Waals surface area contributed by atoms with Gasteiger partial charge in [0.05, 0.1) is 7.11 Å². The molecule has 0 radical (unpaired) electrons. The van der Waals surface area contributed by atoms with Crippen molar-refractivity contribution >= 4 is 17.1 Å². The van der Waals surface area contributed by atoms with Crippen molar-refractivity contribution in [3.8, 4) is 5.75 Å². The summed E-state index contributed by atoms with van der Waals surface area (Å²) in [7, 11) is 1.35. The third kappa shape index (κ3) is 3.42. The van der Waals surface area contributed by atoms with Crippen LogP contribution in [0.5, 0.6) is 5.75 Å². The van der Waals surface area contributed by atoms with Gasteiger partial charge in [-0.1, -0.05) is 0 Å². The minimum atomic E-state index is -1.33. The van der Waals surface area contributed by atoms with Crippen LogP contribution in [0.15, 0.2) is 51.1 Å². The molecule has 9 nitrogen and oxygen atoms in total. The van der Waals surface area contributed by atoms with Crippen molar-refractivity contribution in [3.63, 3.8) is 0 Å². The van der Waals surface area contributed by atoms with Gasteiger partial charge in [-0.25, -0.2) is 9.59 Å². The van der Waals surface area contributed by atoms with Gasteiger partial charge in [-0.15, -0.1) is 0 Å². The number of aliphatic hydroxyl groups is 1. The van der Waals surface area contributed by atoms with Crippen molar-refractivity contribution in [2.45, 2.75) is 25.4 Å².